The molecule has 0 aromatic carbocycles. The Labute approximate surface area is 503 Å². The number of aliphatic hydroxyl groups excluding tert-OH is 1. The molecular weight excluding hydrogens is 1020 g/mol. The first-order valence-corrected chi connectivity index (χ1v) is 36.0. The van der Waals surface area contributed by atoms with Gasteiger partial charge in [-0.2, -0.15) is 0 Å². The number of likely N-dealkylation sites (N-methyl/N-ethyl adjacent to an activating group) is 1. The quantitative estimate of drug-likeness (QED) is 0.0243. The zero-order chi connectivity index (χ0) is 59.1. The fraction of sp³-hybridized carbons (Fsp3) is 0.792. The number of rotatable bonds is 63. The van der Waals surface area contributed by atoms with Crippen LogP contribution in [0.2, 0.25) is 0 Å². The molecule has 9 heteroatoms. The monoisotopic (exact) mass is 1150 g/mol. The number of hydrogen-bond acceptors (Lipinski definition) is 5. The summed E-state index contributed by atoms with van der Waals surface area (Å²) in [7, 11) is 1.58. The number of phosphoric ester groups is 1. The molecule has 0 aliphatic heterocycles. The molecule has 0 saturated carbocycles. The second-order valence-corrected chi connectivity index (χ2v) is 26.0. The van der Waals surface area contributed by atoms with E-state index in [-0.39, 0.29) is 19.1 Å². The molecule has 3 atom stereocenters. The highest BCUT2D eigenvalue weighted by atomic mass is 31.2. The Kier molecular flexibility index (Phi) is 60.4. The van der Waals surface area contributed by atoms with Crippen LogP contribution in [0.4, 0.5) is 0 Å². The van der Waals surface area contributed by atoms with E-state index in [1.54, 1.807) is 6.08 Å². The van der Waals surface area contributed by atoms with E-state index < -0.39 is 20.0 Å². The van der Waals surface area contributed by atoms with Gasteiger partial charge in [-0.25, -0.2) is 4.57 Å². The van der Waals surface area contributed by atoms with Gasteiger partial charge < -0.3 is 19.8 Å². The lowest BCUT2D eigenvalue weighted by Gasteiger charge is -2.25. The van der Waals surface area contributed by atoms with Gasteiger partial charge in [0.05, 0.1) is 39.9 Å². The Hall–Kier alpha value is -2.32. The number of quaternary nitrogens is 1. The van der Waals surface area contributed by atoms with Crippen LogP contribution in [0.1, 0.15) is 316 Å². The Morgan fingerprint density at radius 1 is 0.432 bits per heavy atom. The van der Waals surface area contributed by atoms with Crippen LogP contribution in [0.3, 0.4) is 0 Å². The van der Waals surface area contributed by atoms with Crippen molar-refractivity contribution < 1.29 is 32.9 Å². The third-order valence-electron chi connectivity index (χ3n) is 15.4. The number of nitrogens with one attached hydrogen (secondary N) is 1. The van der Waals surface area contributed by atoms with Crippen LogP contribution in [0, 0.1) is 0 Å². The average Bonchev–Trinajstić information content (AvgIpc) is 3.43. The van der Waals surface area contributed by atoms with Gasteiger partial charge in [0.2, 0.25) is 5.91 Å². The molecule has 0 fully saturated rings. The Bertz CT molecular complexity index is 1600. The van der Waals surface area contributed by atoms with E-state index in [0.717, 1.165) is 77.0 Å². The normalized spacial score (nSPS) is 14.2. The van der Waals surface area contributed by atoms with Gasteiger partial charge in [0, 0.05) is 6.42 Å². The minimum Gasteiger partial charge on any atom is -0.387 e. The minimum atomic E-state index is -4.35. The van der Waals surface area contributed by atoms with Crippen molar-refractivity contribution in [1.29, 1.82) is 0 Å². The molecule has 3 N–H and O–H groups in total. The van der Waals surface area contributed by atoms with Gasteiger partial charge in [-0.1, -0.05) is 324 Å². The number of carbonyl (C=O) groups is 1. The van der Waals surface area contributed by atoms with Crippen LogP contribution >= 0.6 is 7.82 Å². The van der Waals surface area contributed by atoms with Crippen molar-refractivity contribution in [2.24, 2.45) is 0 Å². The lowest BCUT2D eigenvalue weighted by atomic mass is 10.0. The average molecular weight is 1150 g/mol. The highest BCUT2D eigenvalue weighted by Crippen LogP contribution is 2.43. The first kappa shape index (κ1) is 78.7. The molecule has 0 aliphatic carbocycles. The fourth-order valence-corrected chi connectivity index (χ4v) is 10.8. The Morgan fingerprint density at radius 3 is 1.09 bits per heavy atom. The molecule has 81 heavy (non-hydrogen) atoms. The molecule has 472 valence electrons. The minimum absolute atomic E-state index is 0.0616. The lowest BCUT2D eigenvalue weighted by molar-refractivity contribution is -0.870. The summed E-state index contributed by atoms with van der Waals surface area (Å²) in [5, 5.41) is 14.0. The van der Waals surface area contributed by atoms with E-state index in [2.05, 4.69) is 92.1 Å². The van der Waals surface area contributed by atoms with Crippen LogP contribution < -0.4 is 5.32 Å². The third-order valence-corrected chi connectivity index (χ3v) is 16.4. The standard InChI is InChI=1S/C72H133N2O6P/c1-6-8-10-12-14-16-18-20-22-24-26-27-28-29-30-31-32-33-34-35-36-37-38-39-40-41-42-43-44-45-46-47-48-50-52-54-56-58-60-62-64-66-72(76)73-70(69-80-81(77,78)79-68-67-74(3,4)5)71(75)65-63-61-59-57-55-53-51-49-25-23-21-19-17-15-13-11-9-7-2/h8,10,14,16,20,22,26-27,29-30,32-33,63,65,70-71,75H,6-7,9,11-13,15,17-19,21,23-25,28,31,34-62,64,66-69H2,1-5H3,(H-,73,76,77,78)/p+1/b10-8-,16-14-,22-20-,27-26-,30-29-,33-32-,65-63+. The molecule has 0 rings (SSSR count). The van der Waals surface area contributed by atoms with Crippen LogP contribution in [0.5, 0.6) is 0 Å². The lowest BCUT2D eigenvalue weighted by Crippen LogP contribution is -2.45. The maximum atomic E-state index is 13.0. The van der Waals surface area contributed by atoms with Crippen molar-refractivity contribution in [2.45, 2.75) is 328 Å². The van der Waals surface area contributed by atoms with Gasteiger partial charge in [0.1, 0.15) is 13.2 Å². The third kappa shape index (κ3) is 65.1. The highest BCUT2D eigenvalue weighted by molar-refractivity contribution is 7.47. The first-order valence-electron chi connectivity index (χ1n) is 34.5. The molecule has 0 aromatic heterocycles. The molecular formula is C72H134N2O6P+. The maximum absolute atomic E-state index is 13.0. The number of aliphatic hydroxyl groups is 1. The number of nitrogens with zero attached hydrogens (tertiary/aromatic N) is 1. The molecule has 0 spiro atoms. The number of allylic oxidation sites excluding steroid dienone is 13. The summed E-state index contributed by atoms with van der Waals surface area (Å²) in [4.78, 5) is 23.4. The second kappa shape index (κ2) is 62.2. The fourth-order valence-electron chi connectivity index (χ4n) is 10.0. The van der Waals surface area contributed by atoms with Crippen LogP contribution in [-0.4, -0.2) is 73.4 Å². The van der Waals surface area contributed by atoms with Crippen molar-refractivity contribution in [2.75, 3.05) is 40.9 Å². The number of unbranched alkanes of at least 4 members (excludes halogenated alkanes) is 38. The van der Waals surface area contributed by atoms with E-state index in [1.807, 2.05) is 27.2 Å². The number of carbonyl (C=O) groups excluding carboxylic acids is 1. The summed E-state index contributed by atoms with van der Waals surface area (Å²) >= 11 is 0. The predicted octanol–water partition coefficient (Wildman–Crippen LogP) is 21.9. The molecule has 8 nitrogen and oxygen atoms in total. The molecule has 0 aromatic rings. The van der Waals surface area contributed by atoms with Crippen molar-refractivity contribution in [3.63, 3.8) is 0 Å². The van der Waals surface area contributed by atoms with Crippen molar-refractivity contribution in [3.05, 3.63) is 85.1 Å². The SMILES string of the molecule is CC/C=C\C/C=C\C/C=C\C/C=C\C/C=C\C/C=C\CCCCCCCCCCCCCCCCCCCCCCCCC(=O)NC(COP(=O)(O)OCC[N+](C)(C)C)C(O)/C=C/CCCCCCCCCCCCCCCCCC. The molecule has 0 radical (unpaired) electrons. The molecule has 3 unspecified atom stereocenters. The number of phosphoric acid groups is 1. The number of amides is 1. The maximum Gasteiger partial charge on any atom is 0.472 e. The molecule has 1 amide bonds. The van der Waals surface area contributed by atoms with Gasteiger partial charge in [0.15, 0.2) is 0 Å². The van der Waals surface area contributed by atoms with Crippen molar-refractivity contribution in [1.82, 2.24) is 5.32 Å². The summed E-state index contributed by atoms with van der Waals surface area (Å²) in [6, 6.07) is -0.848. The van der Waals surface area contributed by atoms with E-state index in [4.69, 9.17) is 9.05 Å². The van der Waals surface area contributed by atoms with E-state index >= 15 is 0 Å². The summed E-state index contributed by atoms with van der Waals surface area (Å²) in [6.45, 7) is 4.73. The second-order valence-electron chi connectivity index (χ2n) is 24.5. The molecule has 0 aliphatic rings. The molecule has 0 heterocycles. The zero-order valence-corrected chi connectivity index (χ0v) is 54.9. The van der Waals surface area contributed by atoms with Crippen LogP contribution in [0.25, 0.3) is 0 Å². The van der Waals surface area contributed by atoms with Crippen molar-refractivity contribution >= 4 is 13.7 Å². The van der Waals surface area contributed by atoms with Gasteiger partial charge in [-0.15, -0.1) is 0 Å². The summed E-state index contributed by atoms with van der Waals surface area (Å²) in [5.41, 5.74) is 0. The summed E-state index contributed by atoms with van der Waals surface area (Å²) in [6.07, 6.45) is 88.7. The summed E-state index contributed by atoms with van der Waals surface area (Å²) in [5.74, 6) is -0.173. The molecule has 0 saturated heterocycles. The van der Waals surface area contributed by atoms with Gasteiger partial charge in [-0.05, 0) is 70.6 Å². The smallest absolute Gasteiger partial charge is 0.387 e. The predicted molar refractivity (Wildman–Crippen MR) is 355 cm³/mol. The first-order chi connectivity index (χ1) is 39.5. The highest BCUT2D eigenvalue weighted by Gasteiger charge is 2.28. The van der Waals surface area contributed by atoms with Gasteiger partial charge in [0.25, 0.3) is 0 Å². The molecule has 0 bridgehead atoms. The Morgan fingerprint density at radius 2 is 0.741 bits per heavy atom. The Balaban J connectivity index is 3.94. The van der Waals surface area contributed by atoms with Crippen LogP contribution in [-0.2, 0) is 18.4 Å². The van der Waals surface area contributed by atoms with E-state index in [9.17, 15) is 19.4 Å². The van der Waals surface area contributed by atoms with Gasteiger partial charge >= 0.3 is 7.82 Å². The zero-order valence-electron chi connectivity index (χ0n) is 54.0. The van der Waals surface area contributed by atoms with Crippen LogP contribution in [0.15, 0.2) is 85.1 Å². The van der Waals surface area contributed by atoms with E-state index in [0.29, 0.717) is 17.4 Å². The summed E-state index contributed by atoms with van der Waals surface area (Å²) < 4.78 is 23.8. The van der Waals surface area contributed by atoms with Crippen molar-refractivity contribution in [3.8, 4) is 0 Å². The topological polar surface area (TPSA) is 105 Å². The van der Waals surface area contributed by atoms with Gasteiger partial charge in [-0.3, -0.25) is 13.8 Å². The largest absolute Gasteiger partial charge is 0.472 e. The number of hydrogen-bond donors (Lipinski definition) is 3. The van der Waals surface area contributed by atoms with E-state index in [1.165, 1.54) is 218 Å².